The van der Waals surface area contributed by atoms with Crippen LogP contribution in [0.3, 0.4) is 0 Å². The second-order valence-corrected chi connectivity index (χ2v) is 5.18. The lowest BCUT2D eigenvalue weighted by atomic mass is 9.97. The average molecular weight is 286 g/mol. The number of carbonyl (C=O) groups is 1. The van der Waals surface area contributed by atoms with Crippen LogP contribution in [-0.2, 0) is 13.0 Å². The predicted octanol–water partition coefficient (Wildman–Crippen LogP) is 2.33. The molecule has 0 aliphatic carbocycles. The van der Waals surface area contributed by atoms with Crippen LogP contribution in [0.15, 0.2) is 47.3 Å². The Morgan fingerprint density at radius 1 is 1.24 bits per heavy atom. The quantitative estimate of drug-likeness (QED) is 0.906. The van der Waals surface area contributed by atoms with Gasteiger partial charge in [0, 0.05) is 24.6 Å². The Morgan fingerprint density at radius 2 is 2.14 bits per heavy atom. The smallest absolute Gasteiger partial charge is 0.315 e. The summed E-state index contributed by atoms with van der Waals surface area (Å²) in [6.07, 6.45) is 4.14. The van der Waals surface area contributed by atoms with E-state index in [1.54, 1.807) is 12.5 Å². The summed E-state index contributed by atoms with van der Waals surface area (Å²) in [5.74, 6) is 1.26. The molecule has 5 nitrogen and oxygen atoms in total. The van der Waals surface area contributed by atoms with E-state index in [9.17, 15) is 4.79 Å². The third-order valence-electron chi connectivity index (χ3n) is 3.54. The van der Waals surface area contributed by atoms with E-state index in [1.165, 1.54) is 5.56 Å². The normalized spacial score (nSPS) is 16.7. The molecule has 5 heteroatoms. The molecule has 1 aliphatic heterocycles. The number of hydrogen-bond acceptors (Lipinski definition) is 3. The van der Waals surface area contributed by atoms with Crippen LogP contribution in [0.1, 0.15) is 11.1 Å². The van der Waals surface area contributed by atoms with Gasteiger partial charge in [0.25, 0.3) is 0 Å². The summed E-state index contributed by atoms with van der Waals surface area (Å²) in [6.45, 7) is 1.71. The molecule has 21 heavy (non-hydrogen) atoms. The van der Waals surface area contributed by atoms with Gasteiger partial charge in [-0.1, -0.05) is 18.2 Å². The van der Waals surface area contributed by atoms with E-state index in [2.05, 4.69) is 16.7 Å². The van der Waals surface area contributed by atoms with Gasteiger partial charge in [-0.25, -0.2) is 4.79 Å². The highest BCUT2D eigenvalue weighted by atomic mass is 16.5. The second kappa shape index (κ2) is 6.35. The van der Waals surface area contributed by atoms with Crippen molar-refractivity contribution in [1.82, 2.24) is 10.6 Å². The molecule has 1 aromatic heterocycles. The lowest BCUT2D eigenvalue weighted by molar-refractivity contribution is 0.211. The van der Waals surface area contributed by atoms with Crippen LogP contribution in [0, 0.1) is 5.92 Å². The Morgan fingerprint density at radius 3 is 3.00 bits per heavy atom. The first kappa shape index (κ1) is 13.5. The zero-order valence-corrected chi connectivity index (χ0v) is 11.7. The summed E-state index contributed by atoms with van der Waals surface area (Å²) in [4.78, 5) is 11.7. The van der Waals surface area contributed by atoms with Gasteiger partial charge in [0.1, 0.15) is 5.75 Å². The molecule has 0 fully saturated rings. The first-order valence-electron chi connectivity index (χ1n) is 7.05. The number of benzene rings is 1. The Kier molecular flexibility index (Phi) is 4.09. The highest BCUT2D eigenvalue weighted by Gasteiger charge is 2.19. The number of nitrogens with one attached hydrogen (secondary N) is 2. The number of urea groups is 1. The molecule has 0 bridgehead atoms. The second-order valence-electron chi connectivity index (χ2n) is 5.18. The first-order valence-corrected chi connectivity index (χ1v) is 7.05. The average Bonchev–Trinajstić information content (AvgIpc) is 3.04. The number of carbonyl (C=O) groups excluding carboxylic acids is 1. The van der Waals surface area contributed by atoms with E-state index >= 15 is 0 Å². The molecule has 1 atom stereocenters. The van der Waals surface area contributed by atoms with Gasteiger partial charge < -0.3 is 19.8 Å². The fourth-order valence-corrected chi connectivity index (χ4v) is 2.40. The maximum atomic E-state index is 11.7. The largest absolute Gasteiger partial charge is 0.493 e. The van der Waals surface area contributed by atoms with E-state index in [4.69, 9.17) is 9.15 Å². The van der Waals surface area contributed by atoms with E-state index < -0.39 is 0 Å². The van der Waals surface area contributed by atoms with Crippen molar-refractivity contribution in [3.8, 4) is 5.75 Å². The molecule has 0 radical (unpaired) electrons. The lowest BCUT2D eigenvalue weighted by Crippen LogP contribution is -2.40. The highest BCUT2D eigenvalue weighted by Crippen LogP contribution is 2.26. The highest BCUT2D eigenvalue weighted by molar-refractivity contribution is 5.73. The number of furan rings is 1. The molecular weight excluding hydrogens is 268 g/mol. The van der Waals surface area contributed by atoms with E-state index in [1.807, 2.05) is 24.3 Å². The van der Waals surface area contributed by atoms with Gasteiger partial charge >= 0.3 is 6.03 Å². The molecule has 0 saturated heterocycles. The number of hydrogen-bond donors (Lipinski definition) is 2. The fourth-order valence-electron chi connectivity index (χ4n) is 2.40. The molecule has 1 aliphatic rings. The van der Waals surface area contributed by atoms with Crippen molar-refractivity contribution in [3.05, 3.63) is 54.0 Å². The van der Waals surface area contributed by atoms with Gasteiger partial charge in [0.15, 0.2) is 0 Å². The molecule has 2 amide bonds. The van der Waals surface area contributed by atoms with Gasteiger partial charge in [-0.2, -0.15) is 0 Å². The van der Waals surface area contributed by atoms with Gasteiger partial charge in [-0.3, -0.25) is 0 Å². The van der Waals surface area contributed by atoms with Crippen LogP contribution in [0.2, 0.25) is 0 Å². The van der Waals surface area contributed by atoms with Crippen LogP contribution in [-0.4, -0.2) is 19.2 Å². The summed E-state index contributed by atoms with van der Waals surface area (Å²) in [5, 5.41) is 5.68. The number of amides is 2. The van der Waals surface area contributed by atoms with Crippen molar-refractivity contribution in [2.24, 2.45) is 5.92 Å². The Hall–Kier alpha value is -2.43. The first-order chi connectivity index (χ1) is 10.3. The number of fused-ring (bicyclic) bond motifs is 1. The molecule has 110 valence electrons. The molecule has 1 aromatic carbocycles. The Balaban J connectivity index is 1.42. The summed E-state index contributed by atoms with van der Waals surface area (Å²) < 4.78 is 10.7. The summed E-state index contributed by atoms with van der Waals surface area (Å²) in [5.41, 5.74) is 2.15. The molecular formula is C16H18N2O3. The molecule has 0 spiro atoms. The van der Waals surface area contributed by atoms with Gasteiger partial charge in [-0.05, 0) is 24.1 Å². The Bertz CT molecular complexity index is 595. The van der Waals surface area contributed by atoms with Gasteiger partial charge in [0.05, 0.1) is 19.1 Å². The van der Waals surface area contributed by atoms with Crippen LogP contribution in [0.4, 0.5) is 4.79 Å². The van der Waals surface area contributed by atoms with Crippen molar-refractivity contribution in [2.75, 3.05) is 13.2 Å². The molecule has 0 saturated carbocycles. The van der Waals surface area contributed by atoms with Crippen molar-refractivity contribution in [3.63, 3.8) is 0 Å². The van der Waals surface area contributed by atoms with Gasteiger partial charge in [0.2, 0.25) is 0 Å². The summed E-state index contributed by atoms with van der Waals surface area (Å²) in [7, 11) is 0. The zero-order chi connectivity index (χ0) is 14.5. The Labute approximate surface area is 123 Å². The standard InChI is InChI=1S/C16H18N2O3/c19-16(17-8-12-5-6-20-10-12)18-9-13-7-14-3-1-2-4-15(14)21-11-13/h1-6,10,13H,7-9,11H2,(H2,17,18,19)/t13-/m1/s1. The van der Waals surface area contributed by atoms with E-state index in [-0.39, 0.29) is 6.03 Å². The van der Waals surface area contributed by atoms with Crippen LogP contribution >= 0.6 is 0 Å². The minimum Gasteiger partial charge on any atom is -0.493 e. The van der Waals surface area contributed by atoms with Crippen molar-refractivity contribution < 1.29 is 13.9 Å². The monoisotopic (exact) mass is 286 g/mol. The molecule has 0 unspecified atom stereocenters. The van der Waals surface area contributed by atoms with Crippen molar-refractivity contribution in [1.29, 1.82) is 0 Å². The van der Waals surface area contributed by atoms with E-state index in [0.29, 0.717) is 25.6 Å². The third-order valence-corrected chi connectivity index (χ3v) is 3.54. The van der Waals surface area contributed by atoms with Crippen molar-refractivity contribution >= 4 is 6.03 Å². The zero-order valence-electron chi connectivity index (χ0n) is 11.7. The molecule has 2 aromatic rings. The number of rotatable bonds is 4. The molecule has 2 N–H and O–H groups in total. The van der Waals surface area contributed by atoms with Crippen LogP contribution < -0.4 is 15.4 Å². The molecule has 2 heterocycles. The lowest BCUT2D eigenvalue weighted by Gasteiger charge is -2.25. The van der Waals surface area contributed by atoms with Crippen LogP contribution in [0.25, 0.3) is 0 Å². The topological polar surface area (TPSA) is 63.5 Å². The van der Waals surface area contributed by atoms with Crippen LogP contribution in [0.5, 0.6) is 5.75 Å². The van der Waals surface area contributed by atoms with E-state index in [0.717, 1.165) is 17.7 Å². The maximum Gasteiger partial charge on any atom is 0.315 e. The predicted molar refractivity (Wildman–Crippen MR) is 78.1 cm³/mol. The summed E-state index contributed by atoms with van der Waals surface area (Å²) in [6, 6.07) is 9.69. The number of para-hydroxylation sites is 1. The minimum absolute atomic E-state index is 0.171. The fraction of sp³-hybridized carbons (Fsp3) is 0.312. The molecule has 3 rings (SSSR count). The van der Waals surface area contributed by atoms with Crippen molar-refractivity contribution in [2.45, 2.75) is 13.0 Å². The minimum atomic E-state index is -0.171. The third kappa shape index (κ3) is 3.56. The summed E-state index contributed by atoms with van der Waals surface area (Å²) >= 11 is 0. The van der Waals surface area contributed by atoms with Gasteiger partial charge in [-0.15, -0.1) is 0 Å². The SMILES string of the molecule is O=C(NCc1ccoc1)NC[C@@H]1COc2ccccc2C1. The maximum absolute atomic E-state index is 11.7. The number of ether oxygens (including phenoxy) is 1.